The smallest absolute Gasteiger partial charge is 0.148 e. The van der Waals surface area contributed by atoms with Gasteiger partial charge in [-0.2, -0.15) is 0 Å². The lowest BCUT2D eigenvalue weighted by Gasteiger charge is -2.24. The predicted octanol–water partition coefficient (Wildman–Crippen LogP) is 1.56. The van der Waals surface area contributed by atoms with Crippen LogP contribution in [-0.2, 0) is 4.74 Å². The number of hydrogen-bond donors (Lipinski definition) is 2. The van der Waals surface area contributed by atoms with E-state index in [9.17, 15) is 0 Å². The Morgan fingerprint density at radius 1 is 1.35 bits per heavy atom. The number of hydrogen-bond acceptors (Lipinski definition) is 6. The highest BCUT2D eigenvalue weighted by Gasteiger charge is 2.29. The van der Waals surface area contributed by atoms with Crippen LogP contribution in [-0.4, -0.2) is 36.3 Å². The van der Waals surface area contributed by atoms with Gasteiger partial charge in [-0.05, 0) is 32.6 Å². The Morgan fingerprint density at radius 3 is 2.75 bits per heavy atom. The first-order valence-electron chi connectivity index (χ1n) is 7.37. The molecule has 2 fully saturated rings. The van der Waals surface area contributed by atoms with E-state index in [1.54, 1.807) is 0 Å². The van der Waals surface area contributed by atoms with Crippen molar-refractivity contribution in [2.75, 3.05) is 30.5 Å². The molecule has 0 aromatic carbocycles. The van der Waals surface area contributed by atoms with Crippen LogP contribution in [0.3, 0.4) is 0 Å². The fourth-order valence-corrected chi connectivity index (χ4v) is 2.74. The van der Waals surface area contributed by atoms with Crippen molar-refractivity contribution in [2.45, 2.75) is 44.6 Å². The molecule has 6 heteroatoms. The van der Waals surface area contributed by atoms with Crippen LogP contribution in [0.25, 0.3) is 0 Å². The zero-order chi connectivity index (χ0) is 14.1. The van der Waals surface area contributed by atoms with Gasteiger partial charge in [-0.25, -0.2) is 15.8 Å². The second-order valence-corrected chi connectivity index (χ2v) is 5.81. The number of anilines is 2. The quantitative estimate of drug-likeness (QED) is 0.628. The van der Waals surface area contributed by atoms with Crippen LogP contribution in [0.2, 0.25) is 0 Å². The summed E-state index contributed by atoms with van der Waals surface area (Å²) in [6, 6.07) is 0. The lowest BCUT2D eigenvalue weighted by atomic mass is 10.2. The van der Waals surface area contributed by atoms with Crippen molar-refractivity contribution in [3.8, 4) is 0 Å². The molecule has 2 heterocycles. The number of rotatable bonds is 5. The Balaban J connectivity index is 1.83. The van der Waals surface area contributed by atoms with E-state index in [0.717, 1.165) is 49.0 Å². The number of hydrazine groups is 1. The number of nitrogens with one attached hydrogen (secondary N) is 1. The van der Waals surface area contributed by atoms with Gasteiger partial charge in [0.15, 0.2) is 0 Å². The van der Waals surface area contributed by atoms with Gasteiger partial charge in [0.2, 0.25) is 0 Å². The lowest BCUT2D eigenvalue weighted by molar-refractivity contribution is 0.116. The molecule has 0 amide bonds. The maximum absolute atomic E-state index is 5.71. The summed E-state index contributed by atoms with van der Waals surface area (Å²) in [5.74, 6) is 8.71. The van der Waals surface area contributed by atoms with Crippen molar-refractivity contribution < 1.29 is 4.74 Å². The van der Waals surface area contributed by atoms with Crippen molar-refractivity contribution in [2.24, 2.45) is 5.84 Å². The van der Waals surface area contributed by atoms with Crippen LogP contribution in [0.5, 0.6) is 0 Å². The minimum atomic E-state index is 0.313. The molecule has 2 aliphatic rings. The first-order valence-corrected chi connectivity index (χ1v) is 7.37. The third-order valence-electron chi connectivity index (χ3n) is 4.08. The Morgan fingerprint density at radius 2 is 2.15 bits per heavy atom. The first-order chi connectivity index (χ1) is 9.69. The van der Waals surface area contributed by atoms with Crippen LogP contribution >= 0.6 is 0 Å². The minimum Gasteiger partial charge on any atom is -0.376 e. The van der Waals surface area contributed by atoms with E-state index in [1.807, 2.05) is 6.92 Å². The second kappa shape index (κ2) is 5.54. The van der Waals surface area contributed by atoms with Crippen LogP contribution in [0, 0.1) is 6.92 Å². The number of nitrogen functional groups attached to an aromatic ring is 1. The van der Waals surface area contributed by atoms with Crippen LogP contribution in [0.15, 0.2) is 0 Å². The summed E-state index contributed by atoms with van der Waals surface area (Å²) >= 11 is 0. The molecule has 0 spiro atoms. The molecule has 1 aromatic heterocycles. The molecule has 6 nitrogen and oxygen atoms in total. The molecule has 0 bridgehead atoms. The van der Waals surface area contributed by atoms with Gasteiger partial charge in [0, 0.05) is 31.7 Å². The monoisotopic (exact) mass is 277 g/mol. The average Bonchev–Trinajstić information content (AvgIpc) is 3.17. The minimum absolute atomic E-state index is 0.313. The van der Waals surface area contributed by atoms with Crippen LogP contribution in [0.4, 0.5) is 11.6 Å². The van der Waals surface area contributed by atoms with Gasteiger partial charge in [-0.1, -0.05) is 0 Å². The van der Waals surface area contributed by atoms with Crippen molar-refractivity contribution in [3.05, 3.63) is 11.4 Å². The molecule has 1 saturated heterocycles. The summed E-state index contributed by atoms with van der Waals surface area (Å²) in [6.45, 7) is 3.75. The van der Waals surface area contributed by atoms with E-state index in [-0.39, 0.29) is 0 Å². The van der Waals surface area contributed by atoms with Crippen LogP contribution in [0.1, 0.15) is 43.0 Å². The molecule has 1 atom stereocenters. The second-order valence-electron chi connectivity index (χ2n) is 5.81. The molecule has 1 aromatic rings. The Hall–Kier alpha value is -1.40. The van der Waals surface area contributed by atoms with Gasteiger partial charge in [0.1, 0.15) is 17.5 Å². The van der Waals surface area contributed by atoms with Crippen molar-refractivity contribution in [1.29, 1.82) is 0 Å². The van der Waals surface area contributed by atoms with Crippen molar-refractivity contribution in [3.63, 3.8) is 0 Å². The fourth-order valence-electron chi connectivity index (χ4n) is 2.74. The molecule has 1 aliphatic heterocycles. The average molecular weight is 277 g/mol. The highest BCUT2D eigenvalue weighted by atomic mass is 16.5. The summed E-state index contributed by atoms with van der Waals surface area (Å²) in [4.78, 5) is 11.4. The highest BCUT2D eigenvalue weighted by Crippen LogP contribution is 2.39. The molecule has 1 aliphatic carbocycles. The van der Waals surface area contributed by atoms with Gasteiger partial charge in [-0.15, -0.1) is 0 Å². The number of nitrogens with two attached hydrogens (primary N) is 1. The summed E-state index contributed by atoms with van der Waals surface area (Å²) in [5.41, 5.74) is 3.70. The van der Waals surface area contributed by atoms with E-state index >= 15 is 0 Å². The Labute approximate surface area is 119 Å². The van der Waals surface area contributed by atoms with Gasteiger partial charge in [0.05, 0.1) is 6.10 Å². The SMILES string of the molecule is Cc1c(NN)nc(C2CC2)nc1N(C)CC1CCCO1. The maximum Gasteiger partial charge on any atom is 0.148 e. The normalized spacial score (nSPS) is 22.1. The molecule has 0 radical (unpaired) electrons. The molecule has 1 unspecified atom stereocenters. The molecular formula is C14H23N5O. The summed E-state index contributed by atoms with van der Waals surface area (Å²) in [6.07, 6.45) is 4.97. The summed E-state index contributed by atoms with van der Waals surface area (Å²) < 4.78 is 5.71. The summed E-state index contributed by atoms with van der Waals surface area (Å²) in [7, 11) is 2.06. The molecular weight excluding hydrogens is 254 g/mol. The maximum atomic E-state index is 5.71. The number of nitrogens with zero attached hydrogens (tertiary/aromatic N) is 3. The van der Waals surface area contributed by atoms with E-state index in [1.165, 1.54) is 12.8 Å². The highest BCUT2D eigenvalue weighted by molar-refractivity contribution is 5.58. The zero-order valence-corrected chi connectivity index (χ0v) is 12.2. The number of aromatic nitrogens is 2. The van der Waals surface area contributed by atoms with Gasteiger partial charge in [-0.3, -0.25) is 0 Å². The number of likely N-dealkylation sites (N-methyl/N-ethyl adjacent to an activating group) is 1. The molecule has 20 heavy (non-hydrogen) atoms. The molecule has 3 rings (SSSR count). The van der Waals surface area contributed by atoms with Gasteiger partial charge < -0.3 is 15.1 Å². The molecule has 110 valence electrons. The van der Waals surface area contributed by atoms with E-state index in [2.05, 4.69) is 22.4 Å². The third-order valence-corrected chi connectivity index (χ3v) is 4.08. The largest absolute Gasteiger partial charge is 0.376 e. The standard InChI is InChI=1S/C14H23N5O/c1-9-12(18-15)16-13(10-5-6-10)17-14(9)19(2)8-11-4-3-7-20-11/h10-11H,3-8,15H2,1-2H3,(H,16,17,18). The first kappa shape index (κ1) is 13.6. The predicted molar refractivity (Wildman–Crippen MR) is 78.8 cm³/mol. The van der Waals surface area contributed by atoms with Gasteiger partial charge >= 0.3 is 0 Å². The topological polar surface area (TPSA) is 76.3 Å². The van der Waals surface area contributed by atoms with Crippen LogP contribution < -0.4 is 16.2 Å². The summed E-state index contributed by atoms with van der Waals surface area (Å²) in [5, 5.41) is 0. The zero-order valence-electron chi connectivity index (χ0n) is 12.2. The Bertz CT molecular complexity index is 483. The Kier molecular flexibility index (Phi) is 3.76. The van der Waals surface area contributed by atoms with E-state index in [4.69, 9.17) is 15.6 Å². The third kappa shape index (κ3) is 2.71. The molecule has 3 N–H and O–H groups in total. The van der Waals surface area contributed by atoms with Gasteiger partial charge in [0.25, 0.3) is 0 Å². The lowest BCUT2D eigenvalue weighted by Crippen LogP contribution is -2.30. The van der Waals surface area contributed by atoms with Crippen molar-refractivity contribution in [1.82, 2.24) is 9.97 Å². The van der Waals surface area contributed by atoms with E-state index < -0.39 is 0 Å². The number of ether oxygens (including phenoxy) is 1. The molecule has 1 saturated carbocycles. The van der Waals surface area contributed by atoms with Crippen molar-refractivity contribution >= 4 is 11.6 Å². The fraction of sp³-hybridized carbons (Fsp3) is 0.714. The van der Waals surface area contributed by atoms with E-state index in [0.29, 0.717) is 12.0 Å².